The highest BCUT2D eigenvalue weighted by molar-refractivity contribution is 5.89. The Hall–Kier alpha value is -2.15. The van der Waals surface area contributed by atoms with Crippen LogP contribution in [0.1, 0.15) is 17.5 Å². The molecule has 0 N–H and O–H groups in total. The number of carbonyl (C=O) groups is 1. The Labute approximate surface area is 113 Å². The molecular formula is C18H16O. The second kappa shape index (κ2) is 4.51. The molecule has 94 valence electrons. The van der Waals surface area contributed by atoms with Crippen LogP contribution in [0.15, 0.2) is 60.7 Å². The Balaban J connectivity index is 2.25. The number of carbonyl (C=O) groups excluding carboxylic acids is 1. The van der Waals surface area contributed by atoms with Crippen LogP contribution in [0.25, 0.3) is 10.8 Å². The first-order valence-corrected chi connectivity index (χ1v) is 6.56. The van der Waals surface area contributed by atoms with Crippen LogP contribution in [-0.2, 0) is 10.2 Å². The maximum absolute atomic E-state index is 11.7. The summed E-state index contributed by atoms with van der Waals surface area (Å²) in [6, 6.07) is 12.5. The fourth-order valence-electron chi connectivity index (χ4n) is 2.92. The van der Waals surface area contributed by atoms with Crippen molar-refractivity contribution < 1.29 is 4.79 Å². The van der Waals surface area contributed by atoms with E-state index in [1.54, 1.807) is 0 Å². The van der Waals surface area contributed by atoms with E-state index in [0.29, 0.717) is 0 Å². The number of benzene rings is 2. The van der Waals surface area contributed by atoms with Crippen molar-refractivity contribution in [2.45, 2.75) is 18.8 Å². The Kier molecular flexibility index (Phi) is 2.83. The molecule has 1 aliphatic rings. The molecule has 0 fully saturated rings. The van der Waals surface area contributed by atoms with Gasteiger partial charge >= 0.3 is 0 Å². The van der Waals surface area contributed by atoms with Gasteiger partial charge in [-0.1, -0.05) is 60.7 Å². The molecule has 2 aromatic rings. The van der Waals surface area contributed by atoms with Crippen molar-refractivity contribution in [1.29, 1.82) is 0 Å². The topological polar surface area (TPSA) is 17.1 Å². The molecule has 19 heavy (non-hydrogen) atoms. The average molecular weight is 248 g/mol. The molecule has 3 rings (SSSR count). The van der Waals surface area contributed by atoms with E-state index in [-0.39, 0.29) is 0 Å². The first-order chi connectivity index (χ1) is 9.27. The summed E-state index contributed by atoms with van der Waals surface area (Å²) in [7, 11) is 0. The molecule has 0 saturated heterocycles. The summed E-state index contributed by atoms with van der Waals surface area (Å²) >= 11 is 0. The number of hydrogen-bond acceptors (Lipinski definition) is 1. The zero-order valence-electron chi connectivity index (χ0n) is 11.0. The summed E-state index contributed by atoms with van der Waals surface area (Å²) in [5, 5.41) is 2.45. The molecule has 0 saturated carbocycles. The minimum absolute atomic E-state index is 0.497. The third-order valence-electron chi connectivity index (χ3n) is 4.01. The lowest BCUT2D eigenvalue weighted by Crippen LogP contribution is -2.27. The van der Waals surface area contributed by atoms with Gasteiger partial charge in [0.1, 0.15) is 6.29 Å². The molecule has 0 bridgehead atoms. The van der Waals surface area contributed by atoms with Crippen molar-refractivity contribution in [2.24, 2.45) is 0 Å². The number of aryl methyl sites for hydroxylation is 1. The summed E-state index contributed by atoms with van der Waals surface area (Å²) in [4.78, 5) is 11.7. The standard InChI is InChI=1S/C18H16O/c1-14-16-8-4-3-7-15(16)9-10-17(14)18(13-19)11-5-2-6-12-18/h2-11,13H,12H2,1H3. The SMILES string of the molecule is Cc1c(C2(C=O)C=CC=CC2)ccc2ccccc12. The van der Waals surface area contributed by atoms with Crippen molar-refractivity contribution in [3.8, 4) is 0 Å². The van der Waals surface area contributed by atoms with Gasteiger partial charge in [-0.05, 0) is 35.2 Å². The van der Waals surface area contributed by atoms with Crippen LogP contribution in [0.3, 0.4) is 0 Å². The van der Waals surface area contributed by atoms with Crippen LogP contribution in [-0.4, -0.2) is 6.29 Å². The lowest BCUT2D eigenvalue weighted by Gasteiger charge is -2.28. The Morgan fingerprint density at radius 1 is 1.11 bits per heavy atom. The molecule has 2 aromatic carbocycles. The highest BCUT2D eigenvalue weighted by atomic mass is 16.1. The molecule has 0 spiro atoms. The molecule has 0 radical (unpaired) electrons. The maximum Gasteiger partial charge on any atom is 0.134 e. The van der Waals surface area contributed by atoms with Gasteiger partial charge in [-0.25, -0.2) is 0 Å². The van der Waals surface area contributed by atoms with Gasteiger partial charge in [0.15, 0.2) is 0 Å². The summed E-state index contributed by atoms with van der Waals surface area (Å²) in [5.74, 6) is 0. The number of fused-ring (bicyclic) bond motifs is 1. The van der Waals surface area contributed by atoms with E-state index in [2.05, 4.69) is 37.3 Å². The highest BCUT2D eigenvalue weighted by Gasteiger charge is 2.30. The van der Waals surface area contributed by atoms with Crippen LogP contribution in [0.2, 0.25) is 0 Å². The second-order valence-corrected chi connectivity index (χ2v) is 5.11. The Morgan fingerprint density at radius 3 is 2.68 bits per heavy atom. The quantitative estimate of drug-likeness (QED) is 0.731. The van der Waals surface area contributed by atoms with E-state index in [0.717, 1.165) is 18.3 Å². The van der Waals surface area contributed by atoms with E-state index >= 15 is 0 Å². The third kappa shape index (κ3) is 1.82. The van der Waals surface area contributed by atoms with E-state index in [4.69, 9.17) is 0 Å². The Bertz CT molecular complexity index is 694. The molecular weight excluding hydrogens is 232 g/mol. The minimum atomic E-state index is -0.497. The van der Waals surface area contributed by atoms with Gasteiger partial charge in [-0.2, -0.15) is 0 Å². The molecule has 0 aliphatic heterocycles. The van der Waals surface area contributed by atoms with Crippen molar-refractivity contribution in [2.75, 3.05) is 0 Å². The minimum Gasteiger partial charge on any atom is -0.302 e. The van der Waals surface area contributed by atoms with Crippen molar-refractivity contribution in [1.82, 2.24) is 0 Å². The first kappa shape index (κ1) is 11.9. The predicted molar refractivity (Wildman–Crippen MR) is 79.3 cm³/mol. The average Bonchev–Trinajstić information content (AvgIpc) is 2.48. The van der Waals surface area contributed by atoms with Crippen LogP contribution >= 0.6 is 0 Å². The zero-order chi connectivity index (χ0) is 13.3. The number of rotatable bonds is 2. The van der Waals surface area contributed by atoms with Crippen LogP contribution in [0, 0.1) is 6.92 Å². The van der Waals surface area contributed by atoms with E-state index in [1.807, 2.05) is 30.4 Å². The molecule has 1 unspecified atom stereocenters. The molecule has 1 nitrogen and oxygen atoms in total. The lowest BCUT2D eigenvalue weighted by atomic mass is 9.74. The van der Waals surface area contributed by atoms with Crippen molar-refractivity contribution >= 4 is 17.1 Å². The number of aldehydes is 1. The summed E-state index contributed by atoms with van der Waals surface area (Å²) < 4.78 is 0. The number of allylic oxidation sites excluding steroid dienone is 4. The predicted octanol–water partition coefficient (Wildman–Crippen LogP) is 4.10. The first-order valence-electron chi connectivity index (χ1n) is 6.56. The molecule has 0 aromatic heterocycles. The van der Waals surface area contributed by atoms with E-state index in [9.17, 15) is 4.79 Å². The van der Waals surface area contributed by atoms with Crippen LogP contribution in [0.5, 0.6) is 0 Å². The summed E-state index contributed by atoms with van der Waals surface area (Å²) in [5.41, 5.74) is 1.81. The lowest BCUT2D eigenvalue weighted by molar-refractivity contribution is -0.111. The van der Waals surface area contributed by atoms with Gasteiger partial charge in [0.05, 0.1) is 5.41 Å². The largest absolute Gasteiger partial charge is 0.302 e. The Morgan fingerprint density at radius 2 is 1.95 bits per heavy atom. The fourth-order valence-corrected chi connectivity index (χ4v) is 2.92. The van der Waals surface area contributed by atoms with Gasteiger partial charge in [0.2, 0.25) is 0 Å². The molecule has 1 aliphatic carbocycles. The van der Waals surface area contributed by atoms with Gasteiger partial charge in [-0.3, -0.25) is 0 Å². The monoisotopic (exact) mass is 248 g/mol. The van der Waals surface area contributed by atoms with Gasteiger partial charge in [-0.15, -0.1) is 0 Å². The molecule has 0 amide bonds. The van der Waals surface area contributed by atoms with E-state index in [1.165, 1.54) is 16.3 Å². The van der Waals surface area contributed by atoms with Gasteiger partial charge < -0.3 is 4.79 Å². The number of hydrogen-bond donors (Lipinski definition) is 0. The third-order valence-corrected chi connectivity index (χ3v) is 4.01. The van der Waals surface area contributed by atoms with Gasteiger partial charge in [0, 0.05) is 0 Å². The smallest absolute Gasteiger partial charge is 0.134 e. The maximum atomic E-state index is 11.7. The van der Waals surface area contributed by atoms with Crippen LogP contribution < -0.4 is 0 Å². The van der Waals surface area contributed by atoms with E-state index < -0.39 is 5.41 Å². The normalized spacial score (nSPS) is 21.7. The van der Waals surface area contributed by atoms with Crippen molar-refractivity contribution in [3.05, 3.63) is 71.8 Å². The molecule has 0 heterocycles. The van der Waals surface area contributed by atoms with Gasteiger partial charge in [0.25, 0.3) is 0 Å². The molecule has 1 atom stereocenters. The molecule has 1 heteroatoms. The highest BCUT2D eigenvalue weighted by Crippen LogP contribution is 2.35. The zero-order valence-corrected chi connectivity index (χ0v) is 11.0. The summed E-state index contributed by atoms with van der Waals surface area (Å²) in [6.07, 6.45) is 9.85. The van der Waals surface area contributed by atoms with Crippen LogP contribution in [0.4, 0.5) is 0 Å². The second-order valence-electron chi connectivity index (χ2n) is 5.11. The van der Waals surface area contributed by atoms with Crippen molar-refractivity contribution in [3.63, 3.8) is 0 Å². The fraction of sp³-hybridized carbons (Fsp3) is 0.167. The summed E-state index contributed by atoms with van der Waals surface area (Å²) in [6.45, 7) is 2.11.